The highest BCUT2D eigenvalue weighted by atomic mass is 35.5. The highest BCUT2D eigenvalue weighted by Gasteiger charge is 2.16. The van der Waals surface area contributed by atoms with Crippen LogP contribution in [0.4, 0.5) is 0 Å². The van der Waals surface area contributed by atoms with Crippen LogP contribution in [-0.2, 0) is 16.1 Å². The van der Waals surface area contributed by atoms with Crippen molar-refractivity contribution in [3.05, 3.63) is 22.7 Å². The number of esters is 1. The number of carbonyl (C=O) groups excluding carboxylic acids is 1. The third-order valence-electron chi connectivity index (χ3n) is 2.75. The molecule has 0 unspecified atom stereocenters. The van der Waals surface area contributed by atoms with Crippen molar-refractivity contribution in [2.24, 2.45) is 0 Å². The topological polar surface area (TPSA) is 56.8 Å². The largest absolute Gasteiger partial charge is 0.490 e. The quantitative estimate of drug-likeness (QED) is 0.779. The minimum Gasteiger partial charge on any atom is -0.490 e. The lowest BCUT2D eigenvalue weighted by molar-refractivity contribution is -0.142. The minimum absolute atomic E-state index is 0.00168. The van der Waals surface area contributed by atoms with Gasteiger partial charge in [0.05, 0.1) is 18.7 Å². The van der Waals surface area contributed by atoms with Crippen LogP contribution in [0.15, 0.2) is 12.1 Å². The predicted molar refractivity (Wildman–Crippen MR) is 86.7 cm³/mol. The highest BCUT2D eigenvalue weighted by molar-refractivity contribution is 6.32. The van der Waals surface area contributed by atoms with E-state index in [4.69, 9.17) is 21.1 Å². The molecule has 1 aromatic rings. The van der Waals surface area contributed by atoms with E-state index in [1.165, 1.54) is 7.11 Å². The van der Waals surface area contributed by atoms with Gasteiger partial charge < -0.3 is 19.5 Å². The van der Waals surface area contributed by atoms with E-state index in [2.05, 4.69) is 30.8 Å². The van der Waals surface area contributed by atoms with Crippen LogP contribution < -0.4 is 14.8 Å². The molecule has 1 rings (SSSR count). The molecule has 0 fully saturated rings. The van der Waals surface area contributed by atoms with Crippen LogP contribution in [-0.4, -0.2) is 31.8 Å². The number of hydrogen-bond donors (Lipinski definition) is 1. The van der Waals surface area contributed by atoms with Crippen molar-refractivity contribution in [3.63, 3.8) is 0 Å². The van der Waals surface area contributed by atoms with E-state index < -0.39 is 5.97 Å². The average molecular weight is 330 g/mol. The molecule has 1 N–H and O–H groups in total. The van der Waals surface area contributed by atoms with Crippen molar-refractivity contribution >= 4 is 17.6 Å². The van der Waals surface area contributed by atoms with Gasteiger partial charge in [-0.25, -0.2) is 4.79 Å². The molecule has 6 heteroatoms. The number of ether oxygens (including phenoxy) is 3. The smallest absolute Gasteiger partial charge is 0.343 e. The number of nitrogens with one attached hydrogen (secondary N) is 1. The first-order valence-corrected chi connectivity index (χ1v) is 7.54. The maximum absolute atomic E-state index is 11.2. The zero-order chi connectivity index (χ0) is 16.8. The molecule has 0 aliphatic carbocycles. The van der Waals surface area contributed by atoms with Gasteiger partial charge in [0.15, 0.2) is 18.1 Å². The van der Waals surface area contributed by atoms with E-state index >= 15 is 0 Å². The number of methoxy groups -OCH3 is 1. The second-order valence-corrected chi connectivity index (χ2v) is 6.21. The first kappa shape index (κ1) is 18.6. The molecular weight excluding hydrogens is 306 g/mol. The van der Waals surface area contributed by atoms with Crippen molar-refractivity contribution in [1.82, 2.24) is 5.32 Å². The first-order valence-electron chi connectivity index (χ1n) is 7.16. The number of hydrogen-bond acceptors (Lipinski definition) is 5. The van der Waals surface area contributed by atoms with Gasteiger partial charge in [-0.05, 0) is 45.4 Å². The van der Waals surface area contributed by atoms with Gasteiger partial charge in [-0.1, -0.05) is 11.6 Å². The Balaban J connectivity index is 2.94. The second kappa shape index (κ2) is 8.25. The van der Waals surface area contributed by atoms with E-state index in [0.717, 1.165) is 5.56 Å². The fraction of sp³-hybridized carbons (Fsp3) is 0.562. The van der Waals surface area contributed by atoms with Crippen molar-refractivity contribution < 1.29 is 19.0 Å². The molecule has 0 amide bonds. The molecule has 0 aromatic heterocycles. The third-order valence-corrected chi connectivity index (χ3v) is 3.03. The van der Waals surface area contributed by atoms with Crippen LogP contribution in [0.5, 0.6) is 11.5 Å². The summed E-state index contributed by atoms with van der Waals surface area (Å²) in [5.41, 5.74) is 0.979. The Morgan fingerprint density at radius 2 is 1.95 bits per heavy atom. The first-order chi connectivity index (χ1) is 10.3. The Hall–Kier alpha value is -1.46. The summed E-state index contributed by atoms with van der Waals surface area (Å²) >= 11 is 6.26. The Bertz CT molecular complexity index is 512. The lowest BCUT2D eigenvalue weighted by Gasteiger charge is -2.21. The normalized spacial score (nSPS) is 11.2. The standard InChI is InChI=1S/C16H24ClNO4/c1-6-21-13-8-11(9-18-16(2,3)4)7-12(17)15(13)22-10-14(19)20-5/h7-8,18H,6,9-10H2,1-5H3. The number of rotatable bonds is 7. The number of halogens is 1. The molecule has 1 aromatic carbocycles. The van der Waals surface area contributed by atoms with E-state index in [1.807, 2.05) is 13.0 Å². The van der Waals surface area contributed by atoms with Crippen LogP contribution in [0.25, 0.3) is 0 Å². The zero-order valence-electron chi connectivity index (χ0n) is 13.8. The van der Waals surface area contributed by atoms with Gasteiger partial charge in [0, 0.05) is 12.1 Å². The summed E-state index contributed by atoms with van der Waals surface area (Å²) in [4.78, 5) is 11.2. The predicted octanol–water partition coefficient (Wildman–Crippen LogP) is 3.18. The number of benzene rings is 1. The van der Waals surface area contributed by atoms with Gasteiger partial charge in [-0.15, -0.1) is 0 Å². The van der Waals surface area contributed by atoms with Crippen molar-refractivity contribution in [2.75, 3.05) is 20.3 Å². The molecule has 0 atom stereocenters. The van der Waals surface area contributed by atoms with Gasteiger partial charge in [-0.3, -0.25) is 0 Å². The fourth-order valence-electron chi connectivity index (χ4n) is 1.68. The van der Waals surface area contributed by atoms with Crippen LogP contribution in [0.2, 0.25) is 5.02 Å². The SMILES string of the molecule is CCOc1cc(CNC(C)(C)C)cc(Cl)c1OCC(=O)OC. The molecule has 0 aliphatic heterocycles. The zero-order valence-corrected chi connectivity index (χ0v) is 14.5. The maximum Gasteiger partial charge on any atom is 0.343 e. The molecule has 0 spiro atoms. The Kier molecular flexibility index (Phi) is 6.97. The molecule has 0 radical (unpaired) electrons. The summed E-state index contributed by atoms with van der Waals surface area (Å²) < 4.78 is 15.5. The maximum atomic E-state index is 11.2. The van der Waals surface area contributed by atoms with Gasteiger partial charge in [0.2, 0.25) is 0 Å². The summed E-state index contributed by atoms with van der Waals surface area (Å²) in [5.74, 6) is 0.398. The van der Waals surface area contributed by atoms with Crippen LogP contribution in [0, 0.1) is 0 Å². The monoisotopic (exact) mass is 329 g/mol. The van der Waals surface area contributed by atoms with Gasteiger partial charge in [0.1, 0.15) is 0 Å². The van der Waals surface area contributed by atoms with Crippen molar-refractivity contribution in [1.29, 1.82) is 0 Å². The Labute approximate surface area is 136 Å². The van der Waals surface area contributed by atoms with Gasteiger partial charge in [0.25, 0.3) is 0 Å². The van der Waals surface area contributed by atoms with E-state index in [-0.39, 0.29) is 12.1 Å². The summed E-state index contributed by atoms with van der Waals surface area (Å²) in [6.45, 7) is 9.05. The molecule has 0 saturated carbocycles. The van der Waals surface area contributed by atoms with Gasteiger partial charge >= 0.3 is 5.97 Å². The Morgan fingerprint density at radius 1 is 1.27 bits per heavy atom. The molecule has 0 heterocycles. The van der Waals surface area contributed by atoms with Crippen molar-refractivity contribution in [3.8, 4) is 11.5 Å². The summed E-state index contributed by atoms with van der Waals surface area (Å²) in [5, 5.41) is 3.79. The van der Waals surface area contributed by atoms with E-state index in [9.17, 15) is 4.79 Å². The van der Waals surface area contributed by atoms with Crippen molar-refractivity contribution in [2.45, 2.75) is 39.8 Å². The molecule has 22 heavy (non-hydrogen) atoms. The molecule has 0 bridgehead atoms. The lowest BCUT2D eigenvalue weighted by atomic mass is 10.1. The average Bonchev–Trinajstić information content (AvgIpc) is 2.43. The van der Waals surface area contributed by atoms with Crippen LogP contribution in [0.1, 0.15) is 33.3 Å². The Morgan fingerprint density at radius 3 is 2.50 bits per heavy atom. The summed E-state index contributed by atoms with van der Waals surface area (Å²) in [6, 6.07) is 3.66. The highest BCUT2D eigenvalue weighted by Crippen LogP contribution is 2.36. The van der Waals surface area contributed by atoms with E-state index in [0.29, 0.717) is 29.7 Å². The molecule has 0 aliphatic rings. The van der Waals surface area contributed by atoms with Crippen LogP contribution >= 0.6 is 11.6 Å². The summed E-state index contributed by atoms with van der Waals surface area (Å²) in [7, 11) is 1.30. The van der Waals surface area contributed by atoms with E-state index in [1.54, 1.807) is 6.07 Å². The molecule has 0 saturated heterocycles. The fourth-order valence-corrected chi connectivity index (χ4v) is 1.97. The van der Waals surface area contributed by atoms with Gasteiger partial charge in [-0.2, -0.15) is 0 Å². The molecular formula is C16H24ClNO4. The third kappa shape index (κ3) is 6.12. The van der Waals surface area contributed by atoms with Crippen LogP contribution in [0.3, 0.4) is 0 Å². The second-order valence-electron chi connectivity index (χ2n) is 5.81. The molecule has 5 nitrogen and oxygen atoms in total. The summed E-state index contributed by atoms with van der Waals surface area (Å²) in [6.07, 6.45) is 0. The molecule has 124 valence electrons. The number of carbonyl (C=O) groups is 1. The minimum atomic E-state index is -0.475. The lowest BCUT2D eigenvalue weighted by Crippen LogP contribution is -2.35.